The molecule has 0 bridgehead atoms. The molecule has 0 saturated heterocycles. The van der Waals surface area contributed by atoms with Gasteiger partial charge in [0.1, 0.15) is 18.2 Å². The fraction of sp³-hybridized carbons (Fsp3) is 0.478. The molecule has 0 spiro atoms. The van der Waals surface area contributed by atoms with Crippen LogP contribution < -0.4 is 10.1 Å². The Balaban J connectivity index is 1.63. The predicted molar refractivity (Wildman–Crippen MR) is 127 cm³/mol. The highest BCUT2D eigenvalue weighted by molar-refractivity contribution is 7.99. The van der Waals surface area contributed by atoms with Gasteiger partial charge in [0.2, 0.25) is 5.91 Å². The van der Waals surface area contributed by atoms with E-state index in [0.717, 1.165) is 24.5 Å². The molecule has 0 aliphatic carbocycles. The van der Waals surface area contributed by atoms with E-state index in [1.807, 2.05) is 30.5 Å². The lowest BCUT2D eigenvalue weighted by Crippen LogP contribution is -2.19. The van der Waals surface area contributed by atoms with Crippen molar-refractivity contribution in [3.63, 3.8) is 0 Å². The van der Waals surface area contributed by atoms with Gasteiger partial charge in [0, 0.05) is 18.7 Å². The molecule has 3 rings (SSSR count). The number of anilines is 1. The lowest BCUT2D eigenvalue weighted by molar-refractivity contribution is -0.113. The Bertz CT molecular complexity index is 1010. The molecule has 3 aromatic rings. The number of carbonyl (C=O) groups is 1. The van der Waals surface area contributed by atoms with E-state index in [4.69, 9.17) is 4.74 Å². The summed E-state index contributed by atoms with van der Waals surface area (Å²) in [6.45, 7) is 11.5. The van der Waals surface area contributed by atoms with E-state index in [2.05, 4.69) is 53.5 Å². The second-order valence-electron chi connectivity index (χ2n) is 8.28. The molecule has 0 radical (unpaired) electrons. The largest absolute Gasteiger partial charge is 0.486 e. The van der Waals surface area contributed by atoms with Gasteiger partial charge in [0.05, 0.1) is 11.9 Å². The summed E-state index contributed by atoms with van der Waals surface area (Å²) < 4.78 is 9.76. The third-order valence-corrected chi connectivity index (χ3v) is 5.77. The first kappa shape index (κ1) is 23.8. The average Bonchev–Trinajstić information content (AvgIpc) is 3.38. The van der Waals surface area contributed by atoms with Crippen LogP contribution in [0.4, 0.5) is 5.82 Å². The first-order chi connectivity index (χ1) is 15.4. The number of amides is 1. The maximum Gasteiger partial charge on any atom is 0.235 e. The molecule has 172 valence electrons. The molecule has 0 saturated carbocycles. The van der Waals surface area contributed by atoms with Crippen molar-refractivity contribution in [2.75, 3.05) is 11.1 Å². The van der Waals surface area contributed by atoms with Gasteiger partial charge < -0.3 is 14.6 Å². The first-order valence-electron chi connectivity index (χ1n) is 11.0. The number of carbonyl (C=O) groups excluding carboxylic acids is 1. The van der Waals surface area contributed by atoms with Gasteiger partial charge in [-0.3, -0.25) is 4.79 Å². The van der Waals surface area contributed by atoms with Gasteiger partial charge >= 0.3 is 0 Å². The first-order valence-corrected chi connectivity index (χ1v) is 12.0. The lowest BCUT2D eigenvalue weighted by atomic mass is 10.2. The van der Waals surface area contributed by atoms with Crippen LogP contribution in [0.25, 0.3) is 0 Å². The molecule has 0 unspecified atom stereocenters. The smallest absolute Gasteiger partial charge is 0.235 e. The second-order valence-corrected chi connectivity index (χ2v) is 9.22. The molecule has 0 aliphatic heterocycles. The Morgan fingerprint density at radius 2 is 1.88 bits per heavy atom. The van der Waals surface area contributed by atoms with Gasteiger partial charge in [-0.15, -0.1) is 10.2 Å². The SMILES string of the molecule is CCc1ccc(OCc2nnc(SCC(=O)Nc3ccnn3C(C)C)n2CC(C)C)cc1. The van der Waals surface area contributed by atoms with Gasteiger partial charge in [0.25, 0.3) is 0 Å². The molecule has 8 nitrogen and oxygen atoms in total. The zero-order chi connectivity index (χ0) is 23.1. The number of aromatic nitrogens is 5. The van der Waals surface area contributed by atoms with Crippen LogP contribution in [-0.4, -0.2) is 36.2 Å². The fourth-order valence-electron chi connectivity index (χ4n) is 3.18. The Kier molecular flexibility index (Phi) is 8.33. The number of hydrogen-bond donors (Lipinski definition) is 1. The van der Waals surface area contributed by atoms with E-state index in [9.17, 15) is 4.79 Å². The van der Waals surface area contributed by atoms with Gasteiger partial charge in [-0.05, 0) is 43.9 Å². The van der Waals surface area contributed by atoms with E-state index >= 15 is 0 Å². The topological polar surface area (TPSA) is 86.9 Å². The summed E-state index contributed by atoms with van der Waals surface area (Å²) in [7, 11) is 0. The zero-order valence-corrected chi connectivity index (χ0v) is 20.2. The predicted octanol–water partition coefficient (Wildman–Crippen LogP) is 4.58. The molecule has 1 N–H and O–H groups in total. The third-order valence-electron chi connectivity index (χ3n) is 4.80. The molecule has 9 heteroatoms. The Morgan fingerprint density at radius 1 is 1.12 bits per heavy atom. The molecular weight excluding hydrogens is 424 g/mol. The molecule has 32 heavy (non-hydrogen) atoms. The van der Waals surface area contributed by atoms with Gasteiger partial charge in [-0.1, -0.05) is 44.7 Å². The average molecular weight is 457 g/mol. The van der Waals surface area contributed by atoms with Crippen LogP contribution in [0.1, 0.15) is 52.0 Å². The van der Waals surface area contributed by atoms with E-state index in [0.29, 0.717) is 23.5 Å². The van der Waals surface area contributed by atoms with E-state index in [1.165, 1.54) is 17.3 Å². The summed E-state index contributed by atoms with van der Waals surface area (Å²) in [5.41, 5.74) is 1.27. The molecule has 1 amide bonds. The summed E-state index contributed by atoms with van der Waals surface area (Å²) in [6.07, 6.45) is 2.68. The van der Waals surface area contributed by atoms with Crippen molar-refractivity contribution in [3.8, 4) is 5.75 Å². The summed E-state index contributed by atoms with van der Waals surface area (Å²) >= 11 is 1.37. The number of aryl methyl sites for hydroxylation is 1. The van der Waals surface area contributed by atoms with E-state index < -0.39 is 0 Å². The normalized spacial score (nSPS) is 11.3. The van der Waals surface area contributed by atoms with Crippen molar-refractivity contribution >= 4 is 23.5 Å². The highest BCUT2D eigenvalue weighted by Gasteiger charge is 2.17. The number of nitrogens with zero attached hydrogens (tertiary/aromatic N) is 5. The summed E-state index contributed by atoms with van der Waals surface area (Å²) in [5.74, 6) is 2.78. The summed E-state index contributed by atoms with van der Waals surface area (Å²) in [4.78, 5) is 12.5. The lowest BCUT2D eigenvalue weighted by Gasteiger charge is -2.14. The van der Waals surface area contributed by atoms with Crippen LogP contribution >= 0.6 is 11.8 Å². The van der Waals surface area contributed by atoms with Crippen LogP contribution in [-0.2, 0) is 24.4 Å². The van der Waals surface area contributed by atoms with Gasteiger partial charge in [-0.25, -0.2) is 4.68 Å². The quantitative estimate of drug-likeness (QED) is 0.425. The van der Waals surface area contributed by atoms with Crippen molar-refractivity contribution in [3.05, 3.63) is 47.9 Å². The highest BCUT2D eigenvalue weighted by atomic mass is 32.2. The number of nitrogens with one attached hydrogen (secondary N) is 1. The number of rotatable bonds is 11. The Labute approximate surface area is 193 Å². The van der Waals surface area contributed by atoms with Gasteiger partial charge in [-0.2, -0.15) is 5.10 Å². The number of hydrogen-bond acceptors (Lipinski definition) is 6. The van der Waals surface area contributed by atoms with Crippen LogP contribution in [0.2, 0.25) is 0 Å². The third kappa shape index (κ3) is 6.35. The fourth-order valence-corrected chi connectivity index (χ4v) is 3.95. The van der Waals surface area contributed by atoms with Crippen LogP contribution in [0, 0.1) is 5.92 Å². The van der Waals surface area contributed by atoms with Crippen molar-refractivity contribution in [1.29, 1.82) is 0 Å². The van der Waals surface area contributed by atoms with Gasteiger partial charge in [0.15, 0.2) is 11.0 Å². The van der Waals surface area contributed by atoms with E-state index in [-0.39, 0.29) is 17.7 Å². The minimum absolute atomic E-state index is 0.106. The van der Waals surface area contributed by atoms with Crippen LogP contribution in [0.3, 0.4) is 0 Å². The Morgan fingerprint density at radius 3 is 2.53 bits per heavy atom. The number of benzene rings is 1. The molecule has 0 fully saturated rings. The molecule has 0 atom stereocenters. The molecule has 2 aromatic heterocycles. The van der Waals surface area contributed by atoms with Crippen molar-refractivity contribution in [1.82, 2.24) is 24.5 Å². The maximum atomic E-state index is 12.5. The van der Waals surface area contributed by atoms with Crippen LogP contribution in [0.5, 0.6) is 5.75 Å². The number of thioether (sulfide) groups is 1. The Hall–Kier alpha value is -2.81. The molecular formula is C23H32N6O2S. The standard InChI is InChI=1S/C23H32N6O2S/c1-6-18-7-9-19(10-8-18)31-14-21-26-27-23(28(21)13-16(2)3)32-15-22(30)25-20-11-12-24-29(20)17(4)5/h7-12,16-17H,6,13-15H2,1-5H3,(H,25,30). The van der Waals surface area contributed by atoms with Crippen molar-refractivity contribution < 1.29 is 9.53 Å². The maximum absolute atomic E-state index is 12.5. The van der Waals surface area contributed by atoms with Crippen molar-refractivity contribution in [2.45, 2.75) is 65.4 Å². The number of ether oxygens (including phenoxy) is 1. The summed E-state index contributed by atoms with van der Waals surface area (Å²) in [5, 5.41) is 16.5. The minimum atomic E-state index is -0.106. The molecule has 0 aliphatic rings. The zero-order valence-electron chi connectivity index (χ0n) is 19.4. The second kappa shape index (κ2) is 11.2. The van der Waals surface area contributed by atoms with E-state index in [1.54, 1.807) is 16.9 Å². The van der Waals surface area contributed by atoms with Crippen molar-refractivity contribution in [2.24, 2.45) is 5.92 Å². The molecule has 1 aromatic carbocycles. The van der Waals surface area contributed by atoms with Crippen LogP contribution in [0.15, 0.2) is 41.7 Å². The summed E-state index contributed by atoms with van der Waals surface area (Å²) in [6, 6.07) is 10.1. The highest BCUT2D eigenvalue weighted by Crippen LogP contribution is 2.21. The molecule has 2 heterocycles. The monoisotopic (exact) mass is 456 g/mol. The minimum Gasteiger partial charge on any atom is -0.486 e.